The van der Waals surface area contributed by atoms with Gasteiger partial charge in [0.15, 0.2) is 0 Å². The first-order valence-electron chi connectivity index (χ1n) is 8.09. The number of hydrogen-bond acceptors (Lipinski definition) is 5. The van der Waals surface area contributed by atoms with Crippen molar-refractivity contribution in [2.45, 2.75) is 33.3 Å². The number of amides is 2. The first-order chi connectivity index (χ1) is 11.9. The Balaban J connectivity index is 2.36. The summed E-state index contributed by atoms with van der Waals surface area (Å²) in [5, 5.41) is 6.28. The number of carbonyl (C=O) groups excluding carboxylic acids is 2. The van der Waals surface area contributed by atoms with Gasteiger partial charge in [0.05, 0.1) is 23.4 Å². The number of nitrogens with zero attached hydrogens (tertiary/aromatic N) is 1. The number of carbonyl (C=O) groups is 2. The summed E-state index contributed by atoms with van der Waals surface area (Å²) in [6.07, 6.45) is 2.24. The van der Waals surface area contributed by atoms with Gasteiger partial charge >= 0.3 is 11.8 Å². The van der Waals surface area contributed by atoms with Crippen molar-refractivity contribution in [3.05, 3.63) is 28.2 Å². The lowest BCUT2D eigenvalue weighted by molar-refractivity contribution is -0.139. The summed E-state index contributed by atoms with van der Waals surface area (Å²) < 4.78 is 11.5. The van der Waals surface area contributed by atoms with E-state index in [9.17, 15) is 9.59 Å². The van der Waals surface area contributed by atoms with E-state index in [1.54, 1.807) is 18.2 Å². The van der Waals surface area contributed by atoms with Gasteiger partial charge in [0.25, 0.3) is 0 Å². The highest BCUT2D eigenvalue weighted by atomic mass is 79.9. The highest BCUT2D eigenvalue weighted by molar-refractivity contribution is 9.10. The second-order valence-electron chi connectivity index (χ2n) is 5.35. The molecule has 0 bridgehead atoms. The fraction of sp³-hybridized carbons (Fsp3) is 0.471. The molecular formula is C17H24BrN3O4. The Kier molecular flexibility index (Phi) is 9.79. The summed E-state index contributed by atoms with van der Waals surface area (Å²) in [4.78, 5) is 23.2. The van der Waals surface area contributed by atoms with Crippen molar-refractivity contribution in [2.24, 2.45) is 5.10 Å². The normalized spacial score (nSPS) is 10.9. The van der Waals surface area contributed by atoms with Gasteiger partial charge in [-0.05, 0) is 66.9 Å². The van der Waals surface area contributed by atoms with E-state index >= 15 is 0 Å². The third-order valence-corrected chi connectivity index (χ3v) is 3.52. The molecule has 1 aromatic carbocycles. The zero-order valence-corrected chi connectivity index (χ0v) is 16.3. The molecule has 0 saturated heterocycles. The van der Waals surface area contributed by atoms with Crippen LogP contribution in [0.4, 0.5) is 0 Å². The molecule has 0 spiro atoms. The summed E-state index contributed by atoms with van der Waals surface area (Å²) in [7, 11) is 0. The predicted octanol–water partition coefficient (Wildman–Crippen LogP) is 2.23. The zero-order chi connectivity index (χ0) is 18.7. The molecule has 0 aliphatic carbocycles. The van der Waals surface area contributed by atoms with E-state index in [0.29, 0.717) is 26.2 Å². The molecule has 0 unspecified atom stereocenters. The molecular weight excluding hydrogens is 390 g/mol. The Morgan fingerprint density at radius 3 is 2.72 bits per heavy atom. The minimum absolute atomic E-state index is 0.149. The molecule has 8 heteroatoms. The van der Waals surface area contributed by atoms with Crippen molar-refractivity contribution in [3.8, 4) is 5.75 Å². The minimum atomic E-state index is -0.814. The highest BCUT2D eigenvalue weighted by Gasteiger charge is 2.11. The molecule has 0 heterocycles. The van der Waals surface area contributed by atoms with Crippen molar-refractivity contribution >= 4 is 34.0 Å². The molecule has 138 valence electrons. The van der Waals surface area contributed by atoms with Gasteiger partial charge in [0.2, 0.25) is 0 Å². The van der Waals surface area contributed by atoms with Crippen molar-refractivity contribution in [2.75, 3.05) is 19.8 Å². The van der Waals surface area contributed by atoms with E-state index in [-0.39, 0.29) is 6.10 Å². The molecule has 0 aliphatic heterocycles. The topological polar surface area (TPSA) is 89.0 Å². The molecule has 1 rings (SSSR count). The quantitative estimate of drug-likeness (QED) is 0.281. The Labute approximate surface area is 156 Å². The lowest BCUT2D eigenvalue weighted by atomic mass is 10.2. The van der Waals surface area contributed by atoms with Gasteiger partial charge in [-0.2, -0.15) is 5.10 Å². The van der Waals surface area contributed by atoms with Crippen LogP contribution in [-0.4, -0.2) is 43.9 Å². The maximum absolute atomic E-state index is 11.6. The van der Waals surface area contributed by atoms with Gasteiger partial charge in [-0.1, -0.05) is 0 Å². The molecule has 0 aliphatic rings. The van der Waals surface area contributed by atoms with E-state index in [4.69, 9.17) is 9.47 Å². The van der Waals surface area contributed by atoms with Gasteiger partial charge in [-0.3, -0.25) is 9.59 Å². The number of ether oxygens (including phenoxy) is 2. The van der Waals surface area contributed by atoms with E-state index in [1.165, 1.54) is 6.21 Å². The van der Waals surface area contributed by atoms with E-state index in [1.807, 2.05) is 20.8 Å². The van der Waals surface area contributed by atoms with Crippen LogP contribution in [0.5, 0.6) is 5.75 Å². The number of hydrazone groups is 1. The molecule has 1 aromatic rings. The molecule has 0 fully saturated rings. The third kappa shape index (κ3) is 8.64. The fourth-order valence-electron chi connectivity index (χ4n) is 1.76. The Morgan fingerprint density at radius 1 is 1.32 bits per heavy atom. The molecule has 0 radical (unpaired) electrons. The summed E-state index contributed by atoms with van der Waals surface area (Å²) >= 11 is 3.39. The van der Waals surface area contributed by atoms with Crippen molar-refractivity contribution in [3.63, 3.8) is 0 Å². The molecule has 0 aromatic heterocycles. The second kappa shape index (κ2) is 11.6. The minimum Gasteiger partial charge on any atom is -0.493 e. The van der Waals surface area contributed by atoms with Crippen LogP contribution in [0, 0.1) is 0 Å². The van der Waals surface area contributed by atoms with Crippen LogP contribution in [0.3, 0.4) is 0 Å². The Morgan fingerprint density at radius 2 is 2.08 bits per heavy atom. The van der Waals surface area contributed by atoms with Crippen LogP contribution in [0.15, 0.2) is 27.8 Å². The second-order valence-corrected chi connectivity index (χ2v) is 6.21. The largest absolute Gasteiger partial charge is 0.493 e. The van der Waals surface area contributed by atoms with E-state index < -0.39 is 11.8 Å². The Hall–Kier alpha value is -1.93. The molecule has 7 nitrogen and oxygen atoms in total. The zero-order valence-electron chi connectivity index (χ0n) is 14.7. The lowest BCUT2D eigenvalue weighted by Gasteiger charge is -2.07. The molecule has 25 heavy (non-hydrogen) atoms. The van der Waals surface area contributed by atoms with E-state index in [2.05, 4.69) is 31.8 Å². The van der Waals surface area contributed by atoms with Gasteiger partial charge < -0.3 is 14.8 Å². The van der Waals surface area contributed by atoms with Crippen LogP contribution in [-0.2, 0) is 14.3 Å². The fourth-order valence-corrected chi connectivity index (χ4v) is 2.27. The first-order valence-corrected chi connectivity index (χ1v) is 8.88. The molecule has 0 saturated carbocycles. The third-order valence-electron chi connectivity index (χ3n) is 2.90. The number of nitrogens with one attached hydrogen (secondary N) is 2. The number of rotatable bonds is 9. The summed E-state index contributed by atoms with van der Waals surface area (Å²) in [6.45, 7) is 7.25. The van der Waals surface area contributed by atoms with Crippen LogP contribution >= 0.6 is 15.9 Å². The van der Waals surface area contributed by atoms with Gasteiger partial charge in [-0.15, -0.1) is 0 Å². The van der Waals surface area contributed by atoms with Crippen molar-refractivity contribution in [1.29, 1.82) is 0 Å². The average Bonchev–Trinajstić information content (AvgIpc) is 2.56. The maximum Gasteiger partial charge on any atom is 0.329 e. The monoisotopic (exact) mass is 413 g/mol. The highest BCUT2D eigenvalue weighted by Crippen LogP contribution is 2.25. The summed E-state index contributed by atoms with van der Waals surface area (Å²) in [5.74, 6) is -0.815. The van der Waals surface area contributed by atoms with Crippen LogP contribution in [0.25, 0.3) is 0 Å². The predicted molar refractivity (Wildman–Crippen MR) is 99.8 cm³/mol. The van der Waals surface area contributed by atoms with Crippen molar-refractivity contribution in [1.82, 2.24) is 10.7 Å². The molecule has 2 amide bonds. The van der Waals surface area contributed by atoms with Crippen LogP contribution in [0.1, 0.15) is 32.8 Å². The van der Waals surface area contributed by atoms with Crippen LogP contribution in [0.2, 0.25) is 0 Å². The number of halogens is 1. The Bertz CT molecular complexity index is 606. The van der Waals surface area contributed by atoms with Gasteiger partial charge in [0, 0.05) is 13.2 Å². The van der Waals surface area contributed by atoms with Crippen LogP contribution < -0.4 is 15.5 Å². The van der Waals surface area contributed by atoms with Crippen molar-refractivity contribution < 1.29 is 19.1 Å². The van der Waals surface area contributed by atoms with Gasteiger partial charge in [0.1, 0.15) is 5.75 Å². The first kappa shape index (κ1) is 21.1. The maximum atomic E-state index is 11.6. The lowest BCUT2D eigenvalue weighted by Crippen LogP contribution is -2.38. The average molecular weight is 414 g/mol. The smallest absolute Gasteiger partial charge is 0.329 e. The summed E-state index contributed by atoms with van der Waals surface area (Å²) in [6, 6.07) is 5.39. The standard InChI is InChI=1S/C17H24BrN3O4/c1-4-24-15-7-6-13(10-14(15)18)11-20-21-17(23)16(22)19-8-5-9-25-12(2)3/h6-7,10-12H,4-5,8-9H2,1-3H3,(H,19,22)(H,21,23)/b20-11-. The summed E-state index contributed by atoms with van der Waals surface area (Å²) in [5.41, 5.74) is 2.94. The molecule has 2 N–H and O–H groups in total. The SMILES string of the molecule is CCOc1ccc(/C=N\NC(=O)C(=O)NCCCOC(C)C)cc1Br. The number of hydrogen-bond donors (Lipinski definition) is 2. The van der Waals surface area contributed by atoms with Gasteiger partial charge in [-0.25, -0.2) is 5.43 Å². The number of benzene rings is 1. The molecule has 0 atom stereocenters. The van der Waals surface area contributed by atoms with E-state index in [0.717, 1.165) is 15.8 Å².